The molecule has 23 heavy (non-hydrogen) atoms. The Hall–Kier alpha value is -1.60. The van der Waals surface area contributed by atoms with Gasteiger partial charge in [0.05, 0.1) is 24.9 Å². The van der Waals surface area contributed by atoms with Gasteiger partial charge in [-0.3, -0.25) is 4.68 Å². The minimum atomic E-state index is -0.138. The molecule has 0 aromatic carbocycles. The number of methoxy groups -OCH3 is 1. The van der Waals surface area contributed by atoms with Crippen LogP contribution in [0.2, 0.25) is 0 Å². The SMILES string of the molecule is COC[C@H](NC(=O)N[C@H]1CCO[C@@H]1c1cnn(C)c1C)C1CC1. The molecule has 128 valence electrons. The third kappa shape index (κ3) is 3.67. The number of carbonyl (C=O) groups excluding carboxylic acids is 1. The van der Waals surface area contributed by atoms with E-state index in [1.807, 2.05) is 24.9 Å². The highest BCUT2D eigenvalue weighted by Gasteiger charge is 2.35. The fourth-order valence-electron chi connectivity index (χ4n) is 3.19. The molecule has 7 nitrogen and oxygen atoms in total. The van der Waals surface area contributed by atoms with Gasteiger partial charge in [0, 0.05) is 32.0 Å². The van der Waals surface area contributed by atoms with Crippen molar-refractivity contribution in [2.75, 3.05) is 20.3 Å². The van der Waals surface area contributed by atoms with Gasteiger partial charge in [-0.1, -0.05) is 0 Å². The van der Waals surface area contributed by atoms with Crippen molar-refractivity contribution in [3.63, 3.8) is 0 Å². The van der Waals surface area contributed by atoms with E-state index >= 15 is 0 Å². The lowest BCUT2D eigenvalue weighted by atomic mass is 10.0. The zero-order valence-corrected chi connectivity index (χ0v) is 14.0. The van der Waals surface area contributed by atoms with Crippen LogP contribution in [0.1, 0.15) is 36.6 Å². The maximum atomic E-state index is 12.3. The third-order valence-corrected chi connectivity index (χ3v) is 4.84. The number of ether oxygens (including phenoxy) is 2. The predicted octanol–water partition coefficient (Wildman–Crippen LogP) is 1.28. The van der Waals surface area contributed by atoms with E-state index in [9.17, 15) is 4.79 Å². The Morgan fingerprint density at radius 2 is 2.30 bits per heavy atom. The monoisotopic (exact) mass is 322 g/mol. The van der Waals surface area contributed by atoms with Crippen molar-refractivity contribution in [3.05, 3.63) is 17.5 Å². The topological polar surface area (TPSA) is 77.4 Å². The van der Waals surface area contributed by atoms with Gasteiger partial charge in [0.15, 0.2) is 0 Å². The van der Waals surface area contributed by atoms with Crippen molar-refractivity contribution in [1.82, 2.24) is 20.4 Å². The highest BCUT2D eigenvalue weighted by atomic mass is 16.5. The van der Waals surface area contributed by atoms with Gasteiger partial charge in [0.2, 0.25) is 0 Å². The number of hydrogen-bond acceptors (Lipinski definition) is 4. The number of hydrogen-bond donors (Lipinski definition) is 2. The summed E-state index contributed by atoms with van der Waals surface area (Å²) in [4.78, 5) is 12.3. The molecule has 0 unspecified atom stereocenters. The average molecular weight is 322 g/mol. The van der Waals surface area contributed by atoms with E-state index in [0.29, 0.717) is 19.1 Å². The highest BCUT2D eigenvalue weighted by Crippen LogP contribution is 2.33. The van der Waals surface area contributed by atoms with Gasteiger partial charge in [-0.25, -0.2) is 4.79 Å². The molecule has 2 heterocycles. The molecule has 2 N–H and O–H groups in total. The fraction of sp³-hybridized carbons (Fsp3) is 0.750. The van der Waals surface area contributed by atoms with E-state index in [4.69, 9.17) is 9.47 Å². The average Bonchev–Trinajstić information content (AvgIpc) is 3.20. The first-order valence-electron chi connectivity index (χ1n) is 8.26. The molecule has 1 aromatic rings. The highest BCUT2D eigenvalue weighted by molar-refractivity contribution is 5.74. The summed E-state index contributed by atoms with van der Waals surface area (Å²) in [5.41, 5.74) is 2.12. The van der Waals surface area contributed by atoms with Gasteiger partial charge in [-0.15, -0.1) is 0 Å². The second-order valence-electron chi connectivity index (χ2n) is 6.51. The van der Waals surface area contributed by atoms with Crippen LogP contribution in [-0.2, 0) is 16.5 Å². The van der Waals surface area contributed by atoms with Crippen LogP contribution in [0.3, 0.4) is 0 Å². The molecule has 1 aliphatic heterocycles. The molecule has 2 amide bonds. The summed E-state index contributed by atoms with van der Waals surface area (Å²) >= 11 is 0. The molecule has 2 aliphatic rings. The lowest BCUT2D eigenvalue weighted by Gasteiger charge is -2.23. The van der Waals surface area contributed by atoms with E-state index in [1.165, 1.54) is 12.8 Å². The Morgan fingerprint density at radius 3 is 2.91 bits per heavy atom. The van der Waals surface area contributed by atoms with Crippen LogP contribution in [-0.4, -0.2) is 48.2 Å². The van der Waals surface area contributed by atoms with Crippen molar-refractivity contribution in [3.8, 4) is 0 Å². The summed E-state index contributed by atoms with van der Waals surface area (Å²) in [7, 11) is 3.58. The quantitative estimate of drug-likeness (QED) is 0.827. The Bertz CT molecular complexity index is 556. The number of amides is 2. The van der Waals surface area contributed by atoms with Crippen LogP contribution in [0, 0.1) is 12.8 Å². The van der Waals surface area contributed by atoms with Crippen LogP contribution in [0.25, 0.3) is 0 Å². The van der Waals surface area contributed by atoms with Crippen molar-refractivity contribution >= 4 is 6.03 Å². The molecular formula is C16H26N4O3. The van der Waals surface area contributed by atoms with Crippen molar-refractivity contribution in [1.29, 1.82) is 0 Å². The first-order valence-corrected chi connectivity index (χ1v) is 8.26. The van der Waals surface area contributed by atoms with Crippen molar-refractivity contribution < 1.29 is 14.3 Å². The minimum Gasteiger partial charge on any atom is -0.383 e. The van der Waals surface area contributed by atoms with Crippen LogP contribution in [0.4, 0.5) is 4.79 Å². The van der Waals surface area contributed by atoms with E-state index in [0.717, 1.165) is 17.7 Å². The molecule has 3 atom stereocenters. The molecule has 1 saturated heterocycles. The first-order chi connectivity index (χ1) is 11.1. The Balaban J connectivity index is 1.59. The van der Waals surface area contributed by atoms with Gasteiger partial charge >= 0.3 is 6.03 Å². The molecule has 2 fully saturated rings. The van der Waals surface area contributed by atoms with Crippen LogP contribution in [0.5, 0.6) is 0 Å². The van der Waals surface area contributed by atoms with Crippen LogP contribution >= 0.6 is 0 Å². The van der Waals surface area contributed by atoms with Crippen LogP contribution in [0.15, 0.2) is 6.20 Å². The van der Waals surface area contributed by atoms with E-state index in [1.54, 1.807) is 7.11 Å². The number of urea groups is 1. The third-order valence-electron chi connectivity index (χ3n) is 4.84. The summed E-state index contributed by atoms with van der Waals surface area (Å²) < 4.78 is 12.9. The molecule has 0 spiro atoms. The Kier molecular flexibility index (Phi) is 4.87. The zero-order valence-electron chi connectivity index (χ0n) is 14.0. The number of nitrogens with one attached hydrogen (secondary N) is 2. The molecular weight excluding hydrogens is 296 g/mol. The molecule has 3 rings (SSSR count). The number of aromatic nitrogens is 2. The summed E-state index contributed by atoms with van der Waals surface area (Å²) in [6.07, 6.45) is 4.84. The molecule has 0 radical (unpaired) electrons. The van der Waals surface area contributed by atoms with Gasteiger partial charge in [-0.05, 0) is 32.1 Å². The van der Waals surface area contributed by atoms with Gasteiger partial charge < -0.3 is 20.1 Å². The van der Waals surface area contributed by atoms with Gasteiger partial charge in [-0.2, -0.15) is 5.10 Å². The zero-order chi connectivity index (χ0) is 16.4. The molecule has 1 aromatic heterocycles. The van der Waals surface area contributed by atoms with Gasteiger partial charge in [0.1, 0.15) is 6.10 Å². The number of nitrogens with zero attached hydrogens (tertiary/aromatic N) is 2. The predicted molar refractivity (Wildman–Crippen MR) is 85.1 cm³/mol. The lowest BCUT2D eigenvalue weighted by molar-refractivity contribution is 0.0987. The smallest absolute Gasteiger partial charge is 0.315 e. The second-order valence-corrected chi connectivity index (χ2v) is 6.51. The maximum absolute atomic E-state index is 12.3. The summed E-state index contributed by atoms with van der Waals surface area (Å²) in [6.45, 7) is 3.22. The first kappa shape index (κ1) is 16.3. The van der Waals surface area contributed by atoms with E-state index in [2.05, 4.69) is 15.7 Å². The Labute approximate surface area is 136 Å². The maximum Gasteiger partial charge on any atom is 0.315 e. The molecule has 7 heteroatoms. The minimum absolute atomic E-state index is 0.0275. The molecule has 0 bridgehead atoms. The summed E-state index contributed by atoms with van der Waals surface area (Å²) in [5.74, 6) is 0.553. The molecule has 1 aliphatic carbocycles. The fourth-order valence-corrected chi connectivity index (χ4v) is 3.19. The van der Waals surface area contributed by atoms with E-state index in [-0.39, 0.29) is 24.2 Å². The Morgan fingerprint density at radius 1 is 1.52 bits per heavy atom. The summed E-state index contributed by atoms with van der Waals surface area (Å²) in [6, 6.07) is -0.0674. The molecule has 1 saturated carbocycles. The number of aryl methyl sites for hydroxylation is 1. The largest absolute Gasteiger partial charge is 0.383 e. The normalized spacial score (nSPS) is 25.3. The van der Waals surface area contributed by atoms with Gasteiger partial charge in [0.25, 0.3) is 0 Å². The van der Waals surface area contributed by atoms with Crippen molar-refractivity contribution in [2.45, 2.75) is 44.4 Å². The standard InChI is InChI=1S/C16H26N4O3/c1-10-12(8-17-20(10)2)15-13(6-7-23-15)18-16(21)19-14(9-22-3)11-4-5-11/h8,11,13-15H,4-7,9H2,1-3H3,(H2,18,19,21)/t13-,14-,15+/m0/s1. The van der Waals surface area contributed by atoms with E-state index < -0.39 is 0 Å². The number of rotatable bonds is 6. The van der Waals surface area contributed by atoms with Crippen LogP contribution < -0.4 is 10.6 Å². The second kappa shape index (κ2) is 6.88. The van der Waals surface area contributed by atoms with Crippen molar-refractivity contribution in [2.24, 2.45) is 13.0 Å². The summed E-state index contributed by atoms with van der Waals surface area (Å²) in [5, 5.41) is 10.4. The number of carbonyl (C=O) groups is 1. The lowest BCUT2D eigenvalue weighted by Crippen LogP contribution is -2.49.